The third kappa shape index (κ3) is 8.49. The lowest BCUT2D eigenvalue weighted by atomic mass is 10.00. The lowest BCUT2D eigenvalue weighted by Crippen LogP contribution is -2.10. The summed E-state index contributed by atoms with van der Waals surface area (Å²) in [6.07, 6.45) is 1.43. The second-order valence-corrected chi connectivity index (χ2v) is 10.7. The third-order valence-corrected chi connectivity index (χ3v) is 4.62. The standard InChI is InChI=1S/C19H15ClFN3O.2CH4O3S/c1-11-16(10-25)23-18-9-22-19(13-4-2-3-5-15(13)21)14-8-12(20)6-7-17(14)24(11)18;2*1-5(2,3)4/h2-8,25H,9-10H2,1H3;2*1H3,(H,2,3,4). The summed E-state index contributed by atoms with van der Waals surface area (Å²) >= 11 is 6.21. The van der Waals surface area contributed by atoms with Crippen molar-refractivity contribution in [3.8, 4) is 5.69 Å². The van der Waals surface area contributed by atoms with Crippen LogP contribution in [0.25, 0.3) is 5.69 Å². The average molecular weight is 548 g/mol. The highest BCUT2D eigenvalue weighted by Crippen LogP contribution is 2.30. The van der Waals surface area contributed by atoms with Crippen molar-refractivity contribution in [3.05, 3.63) is 81.6 Å². The van der Waals surface area contributed by atoms with Crippen LogP contribution in [0.2, 0.25) is 5.02 Å². The second kappa shape index (κ2) is 11.4. The average Bonchev–Trinajstić information content (AvgIpc) is 2.93. The Kier molecular flexibility index (Phi) is 9.28. The van der Waals surface area contributed by atoms with E-state index in [1.54, 1.807) is 30.3 Å². The number of aliphatic hydroxyl groups excluding tert-OH is 1. The molecule has 1 aromatic heterocycles. The summed E-state index contributed by atoms with van der Waals surface area (Å²) in [4.78, 5) is 9.10. The number of halogens is 2. The third-order valence-electron chi connectivity index (χ3n) is 4.39. The molecule has 0 atom stereocenters. The van der Waals surface area contributed by atoms with E-state index >= 15 is 0 Å². The van der Waals surface area contributed by atoms with Crippen molar-refractivity contribution in [2.24, 2.45) is 4.99 Å². The van der Waals surface area contributed by atoms with Crippen LogP contribution in [-0.4, -0.2) is 58.8 Å². The number of hydrogen-bond acceptors (Lipinski definition) is 7. The molecule has 0 saturated heterocycles. The van der Waals surface area contributed by atoms with E-state index in [1.165, 1.54) is 6.07 Å². The van der Waals surface area contributed by atoms with Crippen LogP contribution in [0, 0.1) is 12.7 Å². The van der Waals surface area contributed by atoms with Gasteiger partial charge in [-0.05, 0) is 37.3 Å². The van der Waals surface area contributed by atoms with Gasteiger partial charge >= 0.3 is 0 Å². The maximum atomic E-state index is 14.4. The SMILES string of the molecule is CS(=O)(=O)O.CS(=O)(=O)O.Cc1c(CO)nc2n1-c1ccc(Cl)cc1C(c1ccccc1F)=NC2. The lowest BCUT2D eigenvalue weighted by molar-refractivity contribution is 0.276. The summed E-state index contributed by atoms with van der Waals surface area (Å²) in [6.45, 7) is 2.05. The first-order chi connectivity index (χ1) is 16.1. The molecule has 0 amide bonds. The molecule has 0 bridgehead atoms. The lowest BCUT2D eigenvalue weighted by Gasteiger charge is -2.14. The molecule has 0 unspecified atom stereocenters. The number of benzene rings is 2. The van der Waals surface area contributed by atoms with Gasteiger partial charge in [-0.1, -0.05) is 23.7 Å². The van der Waals surface area contributed by atoms with Crippen molar-refractivity contribution >= 4 is 37.5 Å². The first-order valence-corrected chi connectivity index (χ1v) is 13.8. The van der Waals surface area contributed by atoms with E-state index in [0.717, 1.165) is 16.9 Å². The minimum absolute atomic E-state index is 0.140. The summed E-state index contributed by atoms with van der Waals surface area (Å²) in [6, 6.07) is 12.0. The fourth-order valence-corrected chi connectivity index (χ4v) is 3.37. The zero-order valence-corrected chi connectivity index (χ0v) is 21.2. The predicted molar refractivity (Wildman–Crippen MR) is 130 cm³/mol. The molecule has 0 fully saturated rings. The molecule has 14 heteroatoms. The highest BCUT2D eigenvalue weighted by molar-refractivity contribution is 7.85. The van der Waals surface area contributed by atoms with E-state index in [0.29, 0.717) is 40.3 Å². The Balaban J connectivity index is 0.000000368. The minimum atomic E-state index is -3.67. The van der Waals surface area contributed by atoms with Crippen molar-refractivity contribution in [3.63, 3.8) is 0 Å². The van der Waals surface area contributed by atoms with Gasteiger partial charge in [0.15, 0.2) is 0 Å². The van der Waals surface area contributed by atoms with Crippen LogP contribution >= 0.6 is 11.6 Å². The number of hydrogen-bond donors (Lipinski definition) is 3. The molecule has 3 N–H and O–H groups in total. The second-order valence-electron chi connectivity index (χ2n) is 7.33. The van der Waals surface area contributed by atoms with Gasteiger partial charge in [0.2, 0.25) is 0 Å². The maximum absolute atomic E-state index is 14.4. The predicted octanol–water partition coefficient (Wildman–Crippen LogP) is 2.82. The Morgan fingerprint density at radius 2 is 1.60 bits per heavy atom. The smallest absolute Gasteiger partial charge is 0.261 e. The molecular weight excluding hydrogens is 525 g/mol. The van der Waals surface area contributed by atoms with Gasteiger partial charge in [-0.2, -0.15) is 16.8 Å². The summed E-state index contributed by atoms with van der Waals surface area (Å²) < 4.78 is 68.1. The van der Waals surface area contributed by atoms with Gasteiger partial charge in [-0.3, -0.25) is 18.7 Å². The Morgan fingerprint density at radius 3 is 2.14 bits per heavy atom. The monoisotopic (exact) mass is 547 g/mol. The normalized spacial score (nSPS) is 12.6. The van der Waals surface area contributed by atoms with Crippen molar-refractivity contribution in [2.45, 2.75) is 20.1 Å². The number of fused-ring (bicyclic) bond motifs is 3. The number of aromatic nitrogens is 2. The van der Waals surface area contributed by atoms with Crippen LogP contribution in [0.5, 0.6) is 0 Å². The quantitative estimate of drug-likeness (QED) is 0.413. The molecule has 4 rings (SSSR count). The number of aliphatic hydroxyl groups is 1. The molecule has 1 aliphatic heterocycles. The molecule has 0 spiro atoms. The van der Waals surface area contributed by atoms with Crippen LogP contribution in [0.15, 0.2) is 47.5 Å². The van der Waals surface area contributed by atoms with E-state index in [1.807, 2.05) is 17.6 Å². The van der Waals surface area contributed by atoms with Gasteiger partial charge in [-0.25, -0.2) is 9.37 Å². The maximum Gasteiger partial charge on any atom is 0.261 e. The minimum Gasteiger partial charge on any atom is -0.390 e. The molecule has 1 aliphatic rings. The van der Waals surface area contributed by atoms with E-state index in [9.17, 15) is 26.3 Å². The molecule has 3 aromatic rings. The Bertz CT molecular complexity index is 1420. The zero-order chi connectivity index (χ0) is 26.6. The highest BCUT2D eigenvalue weighted by atomic mass is 35.5. The van der Waals surface area contributed by atoms with E-state index in [4.69, 9.17) is 20.7 Å². The van der Waals surface area contributed by atoms with Crippen molar-refractivity contribution < 1.29 is 35.4 Å². The van der Waals surface area contributed by atoms with Gasteiger partial charge in [0.25, 0.3) is 20.2 Å². The van der Waals surface area contributed by atoms with E-state index < -0.39 is 20.2 Å². The fourth-order valence-electron chi connectivity index (χ4n) is 3.20. The molecule has 0 saturated carbocycles. The number of rotatable bonds is 2. The van der Waals surface area contributed by atoms with Crippen LogP contribution in [0.1, 0.15) is 28.3 Å². The zero-order valence-electron chi connectivity index (χ0n) is 18.8. The highest BCUT2D eigenvalue weighted by Gasteiger charge is 2.24. The Morgan fingerprint density at radius 1 is 1.03 bits per heavy atom. The van der Waals surface area contributed by atoms with Crippen LogP contribution < -0.4 is 0 Å². The fraction of sp³-hybridized carbons (Fsp3) is 0.238. The largest absolute Gasteiger partial charge is 0.390 e. The van der Waals surface area contributed by atoms with Gasteiger partial charge < -0.3 is 5.11 Å². The van der Waals surface area contributed by atoms with Crippen molar-refractivity contribution in [1.82, 2.24) is 9.55 Å². The molecule has 2 heterocycles. The molecule has 0 radical (unpaired) electrons. The molecular formula is C21H23ClFN3O7S2. The van der Waals surface area contributed by atoms with Crippen LogP contribution in [0.4, 0.5) is 4.39 Å². The van der Waals surface area contributed by atoms with E-state index in [-0.39, 0.29) is 19.0 Å². The summed E-state index contributed by atoms with van der Waals surface area (Å²) in [5.74, 6) is 0.371. The molecule has 35 heavy (non-hydrogen) atoms. The summed E-state index contributed by atoms with van der Waals surface area (Å²) in [7, 11) is -7.33. The van der Waals surface area contributed by atoms with E-state index in [2.05, 4.69) is 9.98 Å². The molecule has 10 nitrogen and oxygen atoms in total. The van der Waals surface area contributed by atoms with Gasteiger partial charge in [0.1, 0.15) is 11.6 Å². The van der Waals surface area contributed by atoms with Crippen molar-refractivity contribution in [2.75, 3.05) is 12.5 Å². The molecule has 190 valence electrons. The number of aliphatic imine (C=N–C) groups is 1. The van der Waals surface area contributed by atoms with Crippen molar-refractivity contribution in [1.29, 1.82) is 0 Å². The van der Waals surface area contributed by atoms with Crippen LogP contribution in [0.3, 0.4) is 0 Å². The number of imidazole rings is 1. The van der Waals surface area contributed by atoms with Gasteiger partial charge in [0.05, 0.1) is 42.8 Å². The molecule has 2 aromatic carbocycles. The van der Waals surface area contributed by atoms with Crippen LogP contribution in [-0.2, 0) is 33.4 Å². The van der Waals surface area contributed by atoms with Gasteiger partial charge in [0, 0.05) is 21.8 Å². The summed E-state index contributed by atoms with van der Waals surface area (Å²) in [5.41, 5.74) is 3.99. The van der Waals surface area contributed by atoms with Gasteiger partial charge in [-0.15, -0.1) is 0 Å². The summed E-state index contributed by atoms with van der Waals surface area (Å²) in [5, 5.41) is 10.1. The topological polar surface area (TPSA) is 159 Å². The first-order valence-electron chi connectivity index (χ1n) is 9.72. The Hall–Kier alpha value is -2.68. The Labute approximate surface area is 207 Å². The first kappa shape index (κ1) is 28.6. The number of nitrogens with zero attached hydrogens (tertiary/aromatic N) is 3. The molecule has 0 aliphatic carbocycles.